The smallest absolute Gasteiger partial charge is 0.0818 e. The molecular weight excluding hydrogens is 218 g/mol. The standard InChI is InChI=1S/C7H15NOS.C6H6/c1-3-6(9)7-8(2)4-5-10-7;1-2-4-6-5-3-1/h6-7,9H,3-5H2,1-2H3;1-6H. The molecule has 1 aliphatic heterocycles. The van der Waals surface area contributed by atoms with Gasteiger partial charge in [0.05, 0.1) is 11.5 Å². The molecule has 2 nitrogen and oxygen atoms in total. The molecule has 0 bridgehead atoms. The van der Waals surface area contributed by atoms with Crippen molar-refractivity contribution in [3.8, 4) is 0 Å². The Hall–Kier alpha value is -0.510. The molecule has 2 atom stereocenters. The van der Waals surface area contributed by atoms with Crippen LogP contribution in [0.1, 0.15) is 13.3 Å². The number of benzene rings is 1. The second-order valence-electron chi connectivity index (χ2n) is 3.87. The van der Waals surface area contributed by atoms with Gasteiger partial charge in [-0.1, -0.05) is 43.3 Å². The molecule has 90 valence electrons. The maximum absolute atomic E-state index is 9.47. The third-order valence-corrected chi connectivity index (χ3v) is 4.01. The Morgan fingerprint density at radius 1 is 1.25 bits per heavy atom. The van der Waals surface area contributed by atoms with Crippen LogP contribution in [0.4, 0.5) is 0 Å². The Morgan fingerprint density at radius 3 is 2.06 bits per heavy atom. The predicted octanol–water partition coefficient (Wildman–Crippen LogP) is 2.45. The van der Waals surface area contributed by atoms with Crippen LogP contribution in [-0.2, 0) is 0 Å². The monoisotopic (exact) mass is 239 g/mol. The Labute approximate surface area is 103 Å². The number of nitrogens with zero attached hydrogens (tertiary/aromatic N) is 1. The fourth-order valence-electron chi connectivity index (χ4n) is 1.56. The zero-order chi connectivity index (χ0) is 11.8. The molecule has 0 amide bonds. The number of rotatable bonds is 2. The highest BCUT2D eigenvalue weighted by atomic mass is 32.2. The summed E-state index contributed by atoms with van der Waals surface area (Å²) in [5.74, 6) is 1.16. The van der Waals surface area contributed by atoms with E-state index in [1.807, 2.05) is 55.1 Å². The van der Waals surface area contributed by atoms with E-state index < -0.39 is 0 Å². The summed E-state index contributed by atoms with van der Waals surface area (Å²) in [4.78, 5) is 2.22. The van der Waals surface area contributed by atoms with E-state index in [9.17, 15) is 5.11 Å². The van der Waals surface area contributed by atoms with E-state index in [2.05, 4.69) is 11.9 Å². The van der Waals surface area contributed by atoms with Crippen LogP contribution in [0.2, 0.25) is 0 Å². The summed E-state index contributed by atoms with van der Waals surface area (Å²) >= 11 is 1.86. The van der Waals surface area contributed by atoms with E-state index in [0.717, 1.165) is 18.7 Å². The Bertz CT molecular complexity index is 241. The highest BCUT2D eigenvalue weighted by Gasteiger charge is 2.26. The maximum Gasteiger partial charge on any atom is 0.0818 e. The van der Waals surface area contributed by atoms with Crippen molar-refractivity contribution in [2.75, 3.05) is 19.3 Å². The SMILES string of the molecule is CCC(O)C1SCCN1C.c1ccccc1. The van der Waals surface area contributed by atoms with E-state index in [0.29, 0.717) is 5.37 Å². The molecule has 1 fully saturated rings. The quantitative estimate of drug-likeness (QED) is 0.857. The van der Waals surface area contributed by atoms with Gasteiger partial charge < -0.3 is 5.11 Å². The van der Waals surface area contributed by atoms with Crippen LogP contribution >= 0.6 is 11.8 Å². The molecule has 1 N–H and O–H groups in total. The van der Waals surface area contributed by atoms with Gasteiger partial charge in [-0.05, 0) is 13.5 Å². The second-order valence-corrected chi connectivity index (χ2v) is 5.10. The molecule has 0 saturated carbocycles. The third kappa shape index (κ3) is 4.56. The van der Waals surface area contributed by atoms with Gasteiger partial charge in [-0.25, -0.2) is 0 Å². The number of aliphatic hydroxyl groups excluding tert-OH is 1. The van der Waals surface area contributed by atoms with Gasteiger partial charge in [0.1, 0.15) is 0 Å². The molecule has 1 aromatic rings. The largest absolute Gasteiger partial charge is 0.391 e. The maximum atomic E-state index is 9.47. The molecule has 1 heterocycles. The molecule has 2 rings (SSSR count). The Balaban J connectivity index is 0.000000181. The van der Waals surface area contributed by atoms with Crippen LogP contribution in [0.5, 0.6) is 0 Å². The Kier molecular flexibility index (Phi) is 6.53. The average molecular weight is 239 g/mol. The van der Waals surface area contributed by atoms with E-state index in [-0.39, 0.29) is 6.10 Å². The zero-order valence-corrected chi connectivity index (χ0v) is 10.9. The van der Waals surface area contributed by atoms with Gasteiger partial charge in [0.2, 0.25) is 0 Å². The van der Waals surface area contributed by atoms with Crippen molar-refractivity contribution >= 4 is 11.8 Å². The number of aliphatic hydroxyl groups is 1. The molecule has 1 saturated heterocycles. The van der Waals surface area contributed by atoms with Gasteiger partial charge in [0.15, 0.2) is 0 Å². The fraction of sp³-hybridized carbons (Fsp3) is 0.538. The molecular formula is C13H21NOS. The molecule has 0 spiro atoms. The van der Waals surface area contributed by atoms with E-state index in [1.54, 1.807) is 0 Å². The van der Waals surface area contributed by atoms with Gasteiger partial charge in [0, 0.05) is 12.3 Å². The van der Waals surface area contributed by atoms with Crippen molar-refractivity contribution in [3.63, 3.8) is 0 Å². The van der Waals surface area contributed by atoms with Gasteiger partial charge in [-0.15, -0.1) is 11.8 Å². The normalized spacial score (nSPS) is 22.3. The summed E-state index contributed by atoms with van der Waals surface area (Å²) in [5.41, 5.74) is 0. The van der Waals surface area contributed by atoms with Crippen molar-refractivity contribution in [1.82, 2.24) is 4.90 Å². The van der Waals surface area contributed by atoms with Crippen molar-refractivity contribution in [3.05, 3.63) is 36.4 Å². The second kappa shape index (κ2) is 7.71. The molecule has 0 radical (unpaired) electrons. The number of hydrogen-bond acceptors (Lipinski definition) is 3. The number of hydrogen-bond donors (Lipinski definition) is 1. The number of likely N-dealkylation sites (N-methyl/N-ethyl adjacent to an activating group) is 1. The van der Waals surface area contributed by atoms with E-state index >= 15 is 0 Å². The van der Waals surface area contributed by atoms with Gasteiger partial charge in [0.25, 0.3) is 0 Å². The summed E-state index contributed by atoms with van der Waals surface area (Å²) < 4.78 is 0. The summed E-state index contributed by atoms with van der Waals surface area (Å²) in [6.07, 6.45) is 0.722. The van der Waals surface area contributed by atoms with E-state index in [4.69, 9.17) is 0 Å². The first kappa shape index (κ1) is 13.6. The lowest BCUT2D eigenvalue weighted by molar-refractivity contribution is 0.114. The molecule has 2 unspecified atom stereocenters. The van der Waals surface area contributed by atoms with Crippen LogP contribution in [0.25, 0.3) is 0 Å². The molecule has 0 aliphatic carbocycles. The van der Waals surface area contributed by atoms with E-state index in [1.165, 1.54) is 0 Å². The lowest BCUT2D eigenvalue weighted by Crippen LogP contribution is -2.34. The minimum absolute atomic E-state index is 0.141. The first-order valence-electron chi connectivity index (χ1n) is 5.75. The molecule has 3 heteroatoms. The summed E-state index contributed by atoms with van der Waals surface area (Å²) in [6.45, 7) is 3.14. The fourth-order valence-corrected chi connectivity index (χ4v) is 2.97. The minimum atomic E-state index is -0.141. The summed E-state index contributed by atoms with van der Waals surface area (Å²) in [5, 5.41) is 9.82. The molecule has 1 aromatic carbocycles. The Morgan fingerprint density at radius 2 is 1.75 bits per heavy atom. The first-order valence-corrected chi connectivity index (χ1v) is 6.80. The van der Waals surface area contributed by atoms with Gasteiger partial charge in [-0.2, -0.15) is 0 Å². The number of thioether (sulfide) groups is 1. The van der Waals surface area contributed by atoms with Crippen LogP contribution < -0.4 is 0 Å². The van der Waals surface area contributed by atoms with Gasteiger partial charge >= 0.3 is 0 Å². The minimum Gasteiger partial charge on any atom is -0.391 e. The van der Waals surface area contributed by atoms with Crippen LogP contribution in [0.15, 0.2) is 36.4 Å². The topological polar surface area (TPSA) is 23.5 Å². The van der Waals surface area contributed by atoms with Crippen molar-refractivity contribution < 1.29 is 5.11 Å². The molecule has 0 aromatic heterocycles. The van der Waals surface area contributed by atoms with Crippen LogP contribution in [0.3, 0.4) is 0 Å². The average Bonchev–Trinajstić information content (AvgIpc) is 2.78. The molecule has 16 heavy (non-hydrogen) atoms. The van der Waals surface area contributed by atoms with Crippen LogP contribution in [-0.4, -0.2) is 40.8 Å². The highest BCUT2D eigenvalue weighted by Crippen LogP contribution is 2.25. The summed E-state index contributed by atoms with van der Waals surface area (Å²) in [6, 6.07) is 12.0. The zero-order valence-electron chi connectivity index (χ0n) is 10.0. The van der Waals surface area contributed by atoms with Crippen molar-refractivity contribution in [2.45, 2.75) is 24.8 Å². The lowest BCUT2D eigenvalue weighted by atomic mass is 10.2. The van der Waals surface area contributed by atoms with Crippen molar-refractivity contribution in [1.29, 1.82) is 0 Å². The first-order chi connectivity index (χ1) is 7.75. The predicted molar refractivity (Wildman–Crippen MR) is 71.6 cm³/mol. The highest BCUT2D eigenvalue weighted by molar-refractivity contribution is 8.00. The van der Waals surface area contributed by atoms with Gasteiger partial charge in [-0.3, -0.25) is 4.90 Å². The molecule has 1 aliphatic rings. The third-order valence-electron chi connectivity index (χ3n) is 2.58. The van der Waals surface area contributed by atoms with Crippen LogP contribution in [0, 0.1) is 0 Å². The summed E-state index contributed by atoms with van der Waals surface area (Å²) in [7, 11) is 2.07. The lowest BCUT2D eigenvalue weighted by Gasteiger charge is -2.22. The van der Waals surface area contributed by atoms with Crippen molar-refractivity contribution in [2.24, 2.45) is 0 Å².